The minimum atomic E-state index is -0.370. The molecule has 1 spiro atoms. The van der Waals surface area contributed by atoms with Crippen LogP contribution in [0, 0.1) is 17.9 Å². The van der Waals surface area contributed by atoms with Gasteiger partial charge in [-0.2, -0.15) is 0 Å². The second kappa shape index (κ2) is 8.98. The molecule has 7 nitrogen and oxygen atoms in total. The summed E-state index contributed by atoms with van der Waals surface area (Å²) in [6.07, 6.45) is 8.83. The summed E-state index contributed by atoms with van der Waals surface area (Å²) in [6, 6.07) is 5.85. The van der Waals surface area contributed by atoms with E-state index in [1.807, 2.05) is 12.1 Å². The number of nitrogens with one attached hydrogen (secondary N) is 1. The molecular weight excluding hydrogens is 416 g/mol. The lowest BCUT2D eigenvalue weighted by Crippen LogP contribution is -2.50. The largest absolute Gasteiger partial charge is 0.393 e. The molecule has 4 aliphatic rings. The zero-order valence-corrected chi connectivity index (χ0v) is 19.3. The second-order valence-electron chi connectivity index (χ2n) is 10.4. The zero-order chi connectivity index (χ0) is 23.0. The lowest BCUT2D eigenvalue weighted by molar-refractivity contribution is -0.139. The van der Waals surface area contributed by atoms with Gasteiger partial charge >= 0.3 is 0 Å². The Labute approximate surface area is 195 Å². The second-order valence-corrected chi connectivity index (χ2v) is 10.4. The van der Waals surface area contributed by atoms with Gasteiger partial charge in [-0.25, -0.2) is 4.85 Å². The number of likely N-dealkylation sites (tertiary alicyclic amines) is 1. The molecular formula is C26H34N4O3. The van der Waals surface area contributed by atoms with Crippen LogP contribution in [0.5, 0.6) is 0 Å². The van der Waals surface area contributed by atoms with Crippen LogP contribution in [-0.4, -0.2) is 53.6 Å². The number of piperidine rings is 1. The topological polar surface area (TPSA) is 77.2 Å². The van der Waals surface area contributed by atoms with Gasteiger partial charge in [0.25, 0.3) is 0 Å². The van der Waals surface area contributed by atoms with Gasteiger partial charge in [0.05, 0.1) is 18.1 Å². The van der Waals surface area contributed by atoms with Crippen molar-refractivity contribution in [2.24, 2.45) is 11.3 Å². The van der Waals surface area contributed by atoms with Crippen LogP contribution in [-0.2, 0) is 9.59 Å². The number of anilines is 2. The monoisotopic (exact) mass is 450 g/mol. The number of carbonyl (C=O) groups is 2. The summed E-state index contributed by atoms with van der Waals surface area (Å²) in [7, 11) is 0. The summed E-state index contributed by atoms with van der Waals surface area (Å²) in [5.74, 6) is 0.419. The highest BCUT2D eigenvalue weighted by Gasteiger charge is 2.50. The van der Waals surface area contributed by atoms with Gasteiger partial charge in [-0.3, -0.25) is 9.59 Å². The lowest BCUT2D eigenvalue weighted by Gasteiger charge is -2.42. The molecule has 1 aromatic carbocycles. The van der Waals surface area contributed by atoms with Gasteiger partial charge in [0.2, 0.25) is 17.5 Å². The van der Waals surface area contributed by atoms with Gasteiger partial charge < -0.3 is 20.2 Å². The number of hydrogen-bond donors (Lipinski definition) is 2. The van der Waals surface area contributed by atoms with Crippen molar-refractivity contribution in [2.75, 3.05) is 29.9 Å². The van der Waals surface area contributed by atoms with Crippen molar-refractivity contribution >= 4 is 28.9 Å². The van der Waals surface area contributed by atoms with E-state index in [1.54, 1.807) is 6.07 Å². The Balaban J connectivity index is 1.30. The van der Waals surface area contributed by atoms with Crippen molar-refractivity contribution in [3.8, 4) is 0 Å². The van der Waals surface area contributed by atoms with Crippen molar-refractivity contribution in [1.29, 1.82) is 0 Å². The van der Waals surface area contributed by atoms with E-state index in [0.29, 0.717) is 17.9 Å². The van der Waals surface area contributed by atoms with Crippen LogP contribution >= 0.6 is 0 Å². The molecule has 33 heavy (non-hydrogen) atoms. The van der Waals surface area contributed by atoms with Gasteiger partial charge in [-0.15, -0.1) is 0 Å². The fourth-order valence-corrected chi connectivity index (χ4v) is 6.15. The van der Waals surface area contributed by atoms with Gasteiger partial charge in [0.1, 0.15) is 0 Å². The summed E-state index contributed by atoms with van der Waals surface area (Å²) < 4.78 is 0. The third kappa shape index (κ3) is 4.21. The van der Waals surface area contributed by atoms with Crippen molar-refractivity contribution in [1.82, 2.24) is 4.90 Å². The zero-order valence-electron chi connectivity index (χ0n) is 19.3. The standard InChI is InChI=1S/C26H34N4O3/c1-27-22-16-19(28-24(32)18-4-2-5-18)6-11-23(22)29-14-3-12-26(17-29)13-15-30(25(26)33)20-7-9-21(31)10-8-20/h6,11,16,18,20-21,31H,2-5,7-10,12-15,17H2,(H,28,32)/t20?,21?,26-/m1/s1. The molecule has 2 saturated heterocycles. The highest BCUT2D eigenvalue weighted by molar-refractivity contribution is 5.94. The van der Waals surface area contributed by atoms with E-state index in [1.165, 1.54) is 0 Å². The minimum absolute atomic E-state index is 0.0498. The van der Waals surface area contributed by atoms with Gasteiger partial charge in [-0.05, 0) is 76.0 Å². The number of amides is 2. The molecule has 2 saturated carbocycles. The lowest BCUT2D eigenvalue weighted by atomic mass is 9.78. The smallest absolute Gasteiger partial charge is 0.230 e. The van der Waals surface area contributed by atoms with E-state index in [2.05, 4.69) is 20.0 Å². The molecule has 0 bridgehead atoms. The first-order valence-electron chi connectivity index (χ1n) is 12.6. The Morgan fingerprint density at radius 3 is 2.58 bits per heavy atom. The molecule has 4 fully saturated rings. The van der Waals surface area contributed by atoms with E-state index in [9.17, 15) is 14.7 Å². The number of benzene rings is 1. The molecule has 2 aliphatic heterocycles. The SMILES string of the molecule is [C-]#[N+]c1cc(NC(=O)C2CCC2)ccc1N1CCC[C@@]2(CCN(C3CCC(O)CC3)C2=O)C1. The molecule has 0 unspecified atom stereocenters. The summed E-state index contributed by atoms with van der Waals surface area (Å²) >= 11 is 0. The van der Waals surface area contributed by atoms with Crippen LogP contribution in [0.4, 0.5) is 17.1 Å². The number of rotatable bonds is 4. The van der Waals surface area contributed by atoms with Crippen LogP contribution in [0.3, 0.4) is 0 Å². The maximum atomic E-state index is 13.6. The Kier molecular flexibility index (Phi) is 6.05. The molecule has 0 aromatic heterocycles. The number of aliphatic hydroxyl groups excluding tert-OH is 1. The van der Waals surface area contributed by atoms with E-state index in [-0.39, 0.29) is 35.3 Å². The van der Waals surface area contributed by atoms with Gasteiger partial charge in [-0.1, -0.05) is 6.42 Å². The fraction of sp³-hybridized carbons (Fsp3) is 0.654. The average molecular weight is 451 g/mol. The van der Waals surface area contributed by atoms with E-state index >= 15 is 0 Å². The highest BCUT2D eigenvalue weighted by Crippen LogP contribution is 2.45. The highest BCUT2D eigenvalue weighted by atomic mass is 16.3. The van der Waals surface area contributed by atoms with Crippen LogP contribution in [0.25, 0.3) is 4.85 Å². The van der Waals surface area contributed by atoms with Crippen molar-refractivity contribution in [3.63, 3.8) is 0 Å². The molecule has 176 valence electrons. The van der Waals surface area contributed by atoms with E-state index < -0.39 is 0 Å². The van der Waals surface area contributed by atoms with Crippen LogP contribution in [0.1, 0.15) is 64.2 Å². The first-order valence-corrected chi connectivity index (χ1v) is 12.6. The molecule has 1 atom stereocenters. The molecule has 2 heterocycles. The third-order valence-corrected chi connectivity index (χ3v) is 8.41. The Bertz CT molecular complexity index is 961. The third-order valence-electron chi connectivity index (χ3n) is 8.41. The van der Waals surface area contributed by atoms with E-state index in [0.717, 1.165) is 83.0 Å². The Hall–Kier alpha value is -2.59. The number of nitrogens with zero attached hydrogens (tertiary/aromatic N) is 3. The quantitative estimate of drug-likeness (QED) is 0.677. The van der Waals surface area contributed by atoms with Crippen LogP contribution < -0.4 is 10.2 Å². The van der Waals surface area contributed by atoms with Gasteiger partial charge in [0.15, 0.2) is 0 Å². The molecule has 2 amide bonds. The first-order chi connectivity index (χ1) is 16.0. The van der Waals surface area contributed by atoms with Crippen molar-refractivity contribution < 1.29 is 14.7 Å². The van der Waals surface area contributed by atoms with Crippen LogP contribution in [0.15, 0.2) is 18.2 Å². The summed E-state index contributed by atoms with van der Waals surface area (Å²) in [4.78, 5) is 34.0. The minimum Gasteiger partial charge on any atom is -0.393 e. The number of hydrogen-bond acceptors (Lipinski definition) is 4. The Morgan fingerprint density at radius 1 is 1.09 bits per heavy atom. The summed E-state index contributed by atoms with van der Waals surface area (Å²) in [6.45, 7) is 10.0. The summed E-state index contributed by atoms with van der Waals surface area (Å²) in [5.41, 5.74) is 1.70. The molecule has 0 radical (unpaired) electrons. The maximum Gasteiger partial charge on any atom is 0.230 e. The number of aliphatic hydroxyl groups is 1. The predicted octanol–water partition coefficient (Wildman–Crippen LogP) is 4.10. The van der Waals surface area contributed by atoms with Crippen molar-refractivity contribution in [3.05, 3.63) is 29.6 Å². The molecule has 1 aromatic rings. The normalized spacial score (nSPS) is 30.2. The van der Waals surface area contributed by atoms with Crippen LogP contribution in [0.2, 0.25) is 0 Å². The molecule has 2 N–H and O–H groups in total. The Morgan fingerprint density at radius 2 is 1.88 bits per heavy atom. The predicted molar refractivity (Wildman–Crippen MR) is 127 cm³/mol. The molecule has 2 aliphatic carbocycles. The van der Waals surface area contributed by atoms with E-state index in [4.69, 9.17) is 6.57 Å². The summed E-state index contributed by atoms with van der Waals surface area (Å²) in [5, 5.41) is 12.8. The number of carbonyl (C=O) groups excluding carboxylic acids is 2. The molecule has 7 heteroatoms. The van der Waals surface area contributed by atoms with Crippen molar-refractivity contribution in [2.45, 2.75) is 76.4 Å². The van der Waals surface area contributed by atoms with Gasteiger partial charge in [0, 0.05) is 43.0 Å². The maximum absolute atomic E-state index is 13.6. The average Bonchev–Trinajstić information content (AvgIpc) is 3.08. The first kappa shape index (κ1) is 22.2. The fourth-order valence-electron chi connectivity index (χ4n) is 6.15. The molecule has 5 rings (SSSR count).